The first-order valence-electron chi connectivity index (χ1n) is 7.58. The smallest absolute Gasteiger partial charge is 0.326 e. The van der Waals surface area contributed by atoms with Crippen LogP contribution >= 0.6 is 22.9 Å². The van der Waals surface area contributed by atoms with Crippen LogP contribution in [0.3, 0.4) is 0 Å². The molecule has 1 heterocycles. The van der Waals surface area contributed by atoms with Crippen LogP contribution in [0, 0.1) is 6.92 Å². The van der Waals surface area contributed by atoms with Crippen LogP contribution in [-0.4, -0.2) is 38.4 Å². The minimum Gasteiger partial charge on any atom is -0.465 e. The van der Waals surface area contributed by atoms with Crippen molar-refractivity contribution in [1.82, 2.24) is 4.98 Å². The maximum Gasteiger partial charge on any atom is 0.326 e. The van der Waals surface area contributed by atoms with E-state index in [-0.39, 0.29) is 32.5 Å². The molecule has 0 unspecified atom stereocenters. The van der Waals surface area contributed by atoms with Crippen molar-refractivity contribution in [1.29, 1.82) is 0 Å². The third-order valence-corrected chi connectivity index (χ3v) is 6.55. The number of thiazole rings is 1. The summed E-state index contributed by atoms with van der Waals surface area (Å²) in [5, 5.41) is -0.334. The summed E-state index contributed by atoms with van der Waals surface area (Å²) in [5.41, 5.74) is 0.909. The SMILES string of the molecule is CCOC(=O)CN(C(C)=O)c1nc(S(=O)(=O)c2ccc(C)cc2)c(Cl)s1. The van der Waals surface area contributed by atoms with E-state index in [0.29, 0.717) is 0 Å². The monoisotopic (exact) mass is 416 g/mol. The van der Waals surface area contributed by atoms with Crippen molar-refractivity contribution in [2.24, 2.45) is 0 Å². The molecule has 0 atom stereocenters. The van der Waals surface area contributed by atoms with Gasteiger partial charge >= 0.3 is 5.97 Å². The molecule has 0 aliphatic rings. The van der Waals surface area contributed by atoms with Crippen molar-refractivity contribution < 1.29 is 22.7 Å². The summed E-state index contributed by atoms with van der Waals surface area (Å²) in [6.45, 7) is 4.50. The van der Waals surface area contributed by atoms with Crippen molar-refractivity contribution in [2.45, 2.75) is 30.7 Å². The van der Waals surface area contributed by atoms with Gasteiger partial charge in [0.25, 0.3) is 0 Å². The van der Waals surface area contributed by atoms with Crippen LogP contribution in [0.1, 0.15) is 19.4 Å². The molecule has 140 valence electrons. The fraction of sp³-hybridized carbons (Fsp3) is 0.312. The van der Waals surface area contributed by atoms with Gasteiger partial charge < -0.3 is 4.74 Å². The highest BCUT2D eigenvalue weighted by molar-refractivity contribution is 7.91. The average molecular weight is 417 g/mol. The first-order chi connectivity index (χ1) is 12.2. The quantitative estimate of drug-likeness (QED) is 0.672. The highest BCUT2D eigenvalue weighted by Crippen LogP contribution is 2.36. The number of amides is 1. The zero-order valence-electron chi connectivity index (χ0n) is 14.4. The third kappa shape index (κ3) is 4.40. The van der Waals surface area contributed by atoms with E-state index in [9.17, 15) is 18.0 Å². The maximum absolute atomic E-state index is 12.8. The van der Waals surface area contributed by atoms with Crippen LogP contribution in [0.5, 0.6) is 0 Å². The molecule has 1 amide bonds. The van der Waals surface area contributed by atoms with Crippen molar-refractivity contribution in [3.05, 3.63) is 34.2 Å². The average Bonchev–Trinajstić information content (AvgIpc) is 2.95. The molecule has 0 saturated heterocycles. The number of hydrogen-bond donors (Lipinski definition) is 0. The van der Waals surface area contributed by atoms with Crippen molar-refractivity contribution in [2.75, 3.05) is 18.1 Å². The predicted octanol–water partition coefficient (Wildman–Crippen LogP) is 2.85. The predicted molar refractivity (Wildman–Crippen MR) is 98.4 cm³/mol. The first kappa shape index (κ1) is 20.3. The fourth-order valence-corrected chi connectivity index (χ4v) is 4.97. The molecule has 7 nitrogen and oxygen atoms in total. The largest absolute Gasteiger partial charge is 0.465 e. The molecule has 0 aliphatic carbocycles. The minimum atomic E-state index is -3.95. The van der Waals surface area contributed by atoms with Crippen LogP contribution in [0.25, 0.3) is 0 Å². The molecule has 26 heavy (non-hydrogen) atoms. The number of anilines is 1. The van der Waals surface area contributed by atoms with Gasteiger partial charge in [0, 0.05) is 6.92 Å². The Hall–Kier alpha value is -1.97. The number of sulfone groups is 1. The van der Waals surface area contributed by atoms with Crippen molar-refractivity contribution in [3.8, 4) is 0 Å². The summed E-state index contributed by atoms with van der Waals surface area (Å²) in [6.07, 6.45) is 0. The first-order valence-corrected chi connectivity index (χ1v) is 10.3. The van der Waals surface area contributed by atoms with Gasteiger partial charge in [-0.25, -0.2) is 13.4 Å². The Morgan fingerprint density at radius 3 is 2.42 bits per heavy atom. The second kappa shape index (κ2) is 8.15. The molecule has 0 fully saturated rings. The highest BCUT2D eigenvalue weighted by Gasteiger charge is 2.29. The van der Waals surface area contributed by atoms with Crippen LogP contribution in [0.2, 0.25) is 4.34 Å². The molecule has 0 bridgehead atoms. The fourth-order valence-electron chi connectivity index (χ4n) is 2.04. The molecule has 2 aromatic rings. The molecule has 1 aromatic carbocycles. The Kier molecular flexibility index (Phi) is 6.38. The van der Waals surface area contributed by atoms with Gasteiger partial charge in [-0.15, -0.1) is 0 Å². The van der Waals surface area contributed by atoms with E-state index in [4.69, 9.17) is 16.3 Å². The lowest BCUT2D eigenvalue weighted by Crippen LogP contribution is -2.34. The molecule has 0 N–H and O–H groups in total. The Labute approximate surface area is 160 Å². The minimum absolute atomic E-state index is 0.0150. The maximum atomic E-state index is 12.8. The normalized spacial score (nSPS) is 11.2. The molecule has 0 aliphatic heterocycles. The Morgan fingerprint density at radius 1 is 1.27 bits per heavy atom. The van der Waals surface area contributed by atoms with Gasteiger partial charge in [-0.2, -0.15) is 0 Å². The molecule has 0 saturated carbocycles. The van der Waals surface area contributed by atoms with Gasteiger partial charge in [-0.1, -0.05) is 40.6 Å². The molecular weight excluding hydrogens is 400 g/mol. The van der Waals surface area contributed by atoms with Gasteiger partial charge in [-0.3, -0.25) is 14.5 Å². The van der Waals surface area contributed by atoms with Crippen LogP contribution in [0.15, 0.2) is 34.2 Å². The number of carbonyl (C=O) groups is 2. The number of rotatable bonds is 6. The van der Waals surface area contributed by atoms with E-state index in [1.807, 2.05) is 6.92 Å². The molecule has 0 radical (unpaired) electrons. The van der Waals surface area contributed by atoms with E-state index in [1.165, 1.54) is 19.1 Å². The lowest BCUT2D eigenvalue weighted by atomic mass is 10.2. The number of aromatic nitrogens is 1. The summed E-state index contributed by atoms with van der Waals surface area (Å²) in [6, 6.07) is 6.25. The van der Waals surface area contributed by atoms with E-state index in [1.54, 1.807) is 19.1 Å². The second-order valence-electron chi connectivity index (χ2n) is 5.30. The van der Waals surface area contributed by atoms with Crippen molar-refractivity contribution in [3.63, 3.8) is 0 Å². The van der Waals surface area contributed by atoms with Gasteiger partial charge in [0.2, 0.25) is 15.7 Å². The number of nitrogens with zero attached hydrogens (tertiary/aromatic N) is 2. The number of benzene rings is 1. The van der Waals surface area contributed by atoms with Gasteiger partial charge in [0.1, 0.15) is 10.9 Å². The molecular formula is C16H17ClN2O5S2. The van der Waals surface area contributed by atoms with Crippen LogP contribution < -0.4 is 4.90 Å². The Bertz CT molecular complexity index is 923. The Morgan fingerprint density at radius 2 is 1.88 bits per heavy atom. The summed E-state index contributed by atoms with van der Waals surface area (Å²) in [4.78, 5) is 28.6. The topological polar surface area (TPSA) is 93.6 Å². The van der Waals surface area contributed by atoms with Crippen LogP contribution in [-0.2, 0) is 24.2 Å². The van der Waals surface area contributed by atoms with Gasteiger partial charge in [0.05, 0.1) is 11.5 Å². The van der Waals surface area contributed by atoms with E-state index >= 15 is 0 Å². The lowest BCUT2D eigenvalue weighted by Gasteiger charge is -2.16. The number of esters is 1. The lowest BCUT2D eigenvalue weighted by molar-refractivity contribution is -0.142. The van der Waals surface area contributed by atoms with Gasteiger partial charge in [0.15, 0.2) is 10.2 Å². The molecule has 10 heteroatoms. The zero-order chi connectivity index (χ0) is 19.5. The van der Waals surface area contributed by atoms with Crippen molar-refractivity contribution >= 4 is 49.8 Å². The van der Waals surface area contributed by atoms with Gasteiger partial charge in [-0.05, 0) is 26.0 Å². The number of carbonyl (C=O) groups excluding carboxylic acids is 2. The van der Waals surface area contributed by atoms with E-state index in [0.717, 1.165) is 21.8 Å². The van der Waals surface area contributed by atoms with E-state index < -0.39 is 21.7 Å². The molecule has 2 rings (SSSR count). The van der Waals surface area contributed by atoms with E-state index in [2.05, 4.69) is 4.98 Å². The number of halogens is 1. The molecule has 0 spiro atoms. The standard InChI is InChI=1S/C16H17ClN2O5S2/c1-4-24-13(21)9-19(11(3)20)16-18-15(14(17)25-16)26(22,23)12-7-5-10(2)6-8-12/h5-8H,4,9H2,1-3H3. The number of aryl methyl sites for hydroxylation is 1. The Balaban J connectivity index is 2.41. The summed E-state index contributed by atoms with van der Waals surface area (Å²) < 4.78 is 30.3. The summed E-state index contributed by atoms with van der Waals surface area (Å²) >= 11 is 6.89. The second-order valence-corrected chi connectivity index (χ2v) is 8.75. The third-order valence-electron chi connectivity index (χ3n) is 3.34. The number of ether oxygens (including phenoxy) is 1. The zero-order valence-corrected chi connectivity index (χ0v) is 16.7. The molecule has 1 aromatic heterocycles. The highest BCUT2D eigenvalue weighted by atomic mass is 35.5. The number of hydrogen-bond acceptors (Lipinski definition) is 7. The summed E-state index contributed by atoms with van der Waals surface area (Å²) in [5.74, 6) is -1.11. The summed E-state index contributed by atoms with van der Waals surface area (Å²) in [7, 11) is -3.95. The van der Waals surface area contributed by atoms with Crippen LogP contribution in [0.4, 0.5) is 5.13 Å².